The number of benzene rings is 1. The predicted octanol–water partition coefficient (Wildman–Crippen LogP) is 4.14. The maximum Gasteiger partial charge on any atom is 0.243 e. The molecule has 0 saturated carbocycles. The summed E-state index contributed by atoms with van der Waals surface area (Å²) in [6.07, 6.45) is 6.23. The minimum Gasteiger partial charge on any atom is -0.361 e. The number of aromatic nitrogens is 1. The SMILES string of the molecule is Cc1noc(C)c1CN1CCC(C2CCCCCN2S(=O)(=O)c2ccccc2)CC1. The Morgan fingerprint density at radius 3 is 2.40 bits per heavy atom. The van der Waals surface area contributed by atoms with Crippen molar-refractivity contribution in [3.8, 4) is 0 Å². The minimum atomic E-state index is -3.45. The molecular formula is C23H33N3O3S. The minimum absolute atomic E-state index is 0.110. The summed E-state index contributed by atoms with van der Waals surface area (Å²) in [5, 5.41) is 4.07. The van der Waals surface area contributed by atoms with E-state index in [-0.39, 0.29) is 6.04 Å². The highest BCUT2D eigenvalue weighted by atomic mass is 32.2. The number of piperidine rings is 1. The molecule has 0 N–H and O–H groups in total. The van der Waals surface area contributed by atoms with Crippen molar-refractivity contribution < 1.29 is 12.9 Å². The molecule has 1 unspecified atom stereocenters. The van der Waals surface area contributed by atoms with Gasteiger partial charge in [0.15, 0.2) is 0 Å². The van der Waals surface area contributed by atoms with Gasteiger partial charge in [0.2, 0.25) is 10.0 Å². The molecule has 0 aliphatic carbocycles. The molecule has 3 heterocycles. The van der Waals surface area contributed by atoms with Crippen LogP contribution in [0.25, 0.3) is 0 Å². The Morgan fingerprint density at radius 1 is 1.00 bits per heavy atom. The molecule has 0 bridgehead atoms. The number of hydrogen-bond acceptors (Lipinski definition) is 5. The summed E-state index contributed by atoms with van der Waals surface area (Å²) in [5.74, 6) is 1.32. The summed E-state index contributed by atoms with van der Waals surface area (Å²) in [6, 6.07) is 9.05. The van der Waals surface area contributed by atoms with Crippen molar-refractivity contribution in [1.82, 2.24) is 14.4 Å². The molecule has 4 rings (SSSR count). The van der Waals surface area contributed by atoms with E-state index in [1.165, 1.54) is 5.56 Å². The summed E-state index contributed by atoms with van der Waals surface area (Å²) >= 11 is 0. The van der Waals surface area contributed by atoms with Gasteiger partial charge in [-0.05, 0) is 70.7 Å². The van der Waals surface area contributed by atoms with Crippen molar-refractivity contribution in [2.75, 3.05) is 19.6 Å². The lowest BCUT2D eigenvalue weighted by Crippen LogP contribution is -2.47. The van der Waals surface area contributed by atoms with Crippen LogP contribution in [0.4, 0.5) is 0 Å². The zero-order chi connectivity index (χ0) is 21.1. The Bertz CT molecular complexity index is 914. The van der Waals surface area contributed by atoms with Crippen LogP contribution in [-0.2, 0) is 16.6 Å². The molecule has 1 atom stereocenters. The molecule has 0 radical (unpaired) electrons. The Balaban J connectivity index is 1.46. The standard InChI is InChI=1S/C23H33N3O3S/c1-18-22(19(2)29-24-18)17-25-15-12-20(13-16-25)23-11-7-4-8-14-26(23)30(27,28)21-9-5-3-6-10-21/h3,5-6,9-10,20,23H,4,7-8,11-17H2,1-2H3. The third kappa shape index (κ3) is 4.48. The van der Waals surface area contributed by atoms with E-state index >= 15 is 0 Å². The number of sulfonamides is 1. The molecule has 7 heteroatoms. The van der Waals surface area contributed by atoms with Gasteiger partial charge >= 0.3 is 0 Å². The quantitative estimate of drug-likeness (QED) is 0.712. The number of aryl methyl sites for hydroxylation is 2. The largest absolute Gasteiger partial charge is 0.361 e. The van der Waals surface area contributed by atoms with Crippen LogP contribution in [0.5, 0.6) is 0 Å². The first-order valence-corrected chi connectivity index (χ1v) is 12.6. The van der Waals surface area contributed by atoms with Gasteiger partial charge in [0.1, 0.15) is 5.76 Å². The smallest absolute Gasteiger partial charge is 0.243 e. The second-order valence-corrected chi connectivity index (χ2v) is 10.7. The Labute approximate surface area is 180 Å². The first-order valence-electron chi connectivity index (χ1n) is 11.2. The fourth-order valence-electron chi connectivity index (χ4n) is 5.05. The van der Waals surface area contributed by atoms with Crippen LogP contribution in [0, 0.1) is 19.8 Å². The molecule has 0 amide bonds. The second-order valence-electron chi connectivity index (χ2n) is 8.76. The summed E-state index contributed by atoms with van der Waals surface area (Å²) in [4.78, 5) is 2.88. The lowest BCUT2D eigenvalue weighted by atomic mass is 9.87. The van der Waals surface area contributed by atoms with Crippen LogP contribution in [0.15, 0.2) is 39.8 Å². The third-order valence-electron chi connectivity index (χ3n) is 6.84. The summed E-state index contributed by atoms with van der Waals surface area (Å²) in [5.41, 5.74) is 2.16. The molecule has 1 aromatic heterocycles. The van der Waals surface area contributed by atoms with E-state index in [2.05, 4.69) is 10.1 Å². The fourth-order valence-corrected chi connectivity index (χ4v) is 6.83. The first kappa shape index (κ1) is 21.5. The van der Waals surface area contributed by atoms with Crippen LogP contribution in [0.2, 0.25) is 0 Å². The summed E-state index contributed by atoms with van der Waals surface area (Å²) in [6.45, 7) is 7.46. The molecule has 30 heavy (non-hydrogen) atoms. The maximum atomic E-state index is 13.4. The molecule has 0 spiro atoms. The number of hydrogen-bond donors (Lipinski definition) is 0. The van der Waals surface area contributed by atoms with E-state index in [1.54, 1.807) is 12.1 Å². The molecule has 2 aliphatic heterocycles. The number of rotatable bonds is 5. The van der Waals surface area contributed by atoms with Crippen LogP contribution >= 0.6 is 0 Å². The highest BCUT2D eigenvalue weighted by molar-refractivity contribution is 7.89. The van der Waals surface area contributed by atoms with E-state index in [4.69, 9.17) is 4.52 Å². The van der Waals surface area contributed by atoms with Crippen molar-refractivity contribution in [3.05, 3.63) is 47.3 Å². The zero-order valence-electron chi connectivity index (χ0n) is 18.1. The highest BCUT2D eigenvalue weighted by Crippen LogP contribution is 2.34. The molecule has 6 nitrogen and oxygen atoms in total. The van der Waals surface area contributed by atoms with Crippen molar-refractivity contribution in [2.45, 2.75) is 69.9 Å². The molecule has 2 fully saturated rings. The lowest BCUT2D eigenvalue weighted by Gasteiger charge is -2.40. The molecule has 2 aliphatic rings. The number of nitrogens with zero attached hydrogens (tertiary/aromatic N) is 3. The van der Waals surface area contributed by atoms with Gasteiger partial charge in [-0.15, -0.1) is 0 Å². The van der Waals surface area contributed by atoms with Gasteiger partial charge in [-0.1, -0.05) is 36.2 Å². The van der Waals surface area contributed by atoms with Gasteiger partial charge in [0.05, 0.1) is 10.6 Å². The predicted molar refractivity (Wildman–Crippen MR) is 117 cm³/mol. The Morgan fingerprint density at radius 2 is 1.73 bits per heavy atom. The molecule has 164 valence electrons. The highest BCUT2D eigenvalue weighted by Gasteiger charge is 2.38. The average molecular weight is 432 g/mol. The van der Waals surface area contributed by atoms with Crippen molar-refractivity contribution in [2.24, 2.45) is 5.92 Å². The Hall–Kier alpha value is -1.70. The zero-order valence-corrected chi connectivity index (χ0v) is 18.9. The second kappa shape index (κ2) is 9.20. The lowest BCUT2D eigenvalue weighted by molar-refractivity contribution is 0.123. The van der Waals surface area contributed by atoms with E-state index in [9.17, 15) is 8.42 Å². The van der Waals surface area contributed by atoms with Crippen molar-refractivity contribution in [1.29, 1.82) is 0 Å². The molecule has 1 aromatic carbocycles. The molecule has 2 saturated heterocycles. The van der Waals surface area contributed by atoms with Crippen LogP contribution in [-0.4, -0.2) is 48.5 Å². The first-order chi connectivity index (χ1) is 14.5. The van der Waals surface area contributed by atoms with Crippen LogP contribution in [0.1, 0.15) is 55.5 Å². The fraction of sp³-hybridized carbons (Fsp3) is 0.609. The van der Waals surface area contributed by atoms with E-state index in [0.717, 1.165) is 69.6 Å². The Kier molecular flexibility index (Phi) is 6.60. The third-order valence-corrected chi connectivity index (χ3v) is 8.78. The van der Waals surface area contributed by atoms with Crippen LogP contribution in [0.3, 0.4) is 0 Å². The van der Waals surface area contributed by atoms with Gasteiger partial charge in [0, 0.05) is 24.7 Å². The summed E-state index contributed by atoms with van der Waals surface area (Å²) < 4.78 is 34.0. The van der Waals surface area contributed by atoms with E-state index < -0.39 is 10.0 Å². The normalized spacial score (nSPS) is 22.8. The van der Waals surface area contributed by atoms with E-state index in [0.29, 0.717) is 17.4 Å². The average Bonchev–Trinajstić information content (AvgIpc) is 2.96. The van der Waals surface area contributed by atoms with Gasteiger partial charge < -0.3 is 4.52 Å². The van der Waals surface area contributed by atoms with Crippen molar-refractivity contribution in [3.63, 3.8) is 0 Å². The number of likely N-dealkylation sites (tertiary alicyclic amines) is 1. The monoisotopic (exact) mass is 431 g/mol. The molecule has 2 aromatic rings. The maximum absolute atomic E-state index is 13.4. The topological polar surface area (TPSA) is 66.7 Å². The van der Waals surface area contributed by atoms with Gasteiger partial charge in [-0.25, -0.2) is 8.42 Å². The van der Waals surface area contributed by atoms with Crippen LogP contribution < -0.4 is 0 Å². The van der Waals surface area contributed by atoms with Crippen molar-refractivity contribution >= 4 is 10.0 Å². The van der Waals surface area contributed by atoms with Gasteiger partial charge in [-0.2, -0.15) is 4.31 Å². The summed E-state index contributed by atoms with van der Waals surface area (Å²) in [7, 11) is -3.45. The molecular weight excluding hydrogens is 398 g/mol. The van der Waals surface area contributed by atoms with Gasteiger partial charge in [-0.3, -0.25) is 4.90 Å². The van der Waals surface area contributed by atoms with Gasteiger partial charge in [0.25, 0.3) is 0 Å². The van der Waals surface area contributed by atoms with E-state index in [1.807, 2.05) is 36.4 Å².